The second kappa shape index (κ2) is 6.30. The van der Waals surface area contributed by atoms with Crippen LogP contribution in [0, 0.1) is 5.82 Å². The maximum Gasteiger partial charge on any atom is 0.340 e. The molecule has 0 radical (unpaired) electrons. The van der Waals surface area contributed by atoms with E-state index >= 15 is 0 Å². The Morgan fingerprint density at radius 1 is 1.48 bits per heavy atom. The fourth-order valence-corrected chi connectivity index (χ4v) is 2.92. The van der Waals surface area contributed by atoms with Gasteiger partial charge in [0.1, 0.15) is 11.4 Å². The first kappa shape index (κ1) is 15.6. The number of hydrogen-bond acceptors (Lipinski definition) is 4. The predicted octanol–water partition coefficient (Wildman–Crippen LogP) is 2.03. The van der Waals surface area contributed by atoms with Gasteiger partial charge in [-0.1, -0.05) is 6.92 Å². The summed E-state index contributed by atoms with van der Waals surface area (Å²) in [6.45, 7) is 5.14. The van der Waals surface area contributed by atoms with Crippen LogP contribution in [-0.4, -0.2) is 48.7 Å². The van der Waals surface area contributed by atoms with Gasteiger partial charge in [0.25, 0.3) is 0 Å². The van der Waals surface area contributed by atoms with Crippen LogP contribution in [0.4, 0.5) is 15.8 Å². The number of carboxylic acids is 1. The molecule has 1 aromatic carbocycles. The van der Waals surface area contributed by atoms with Crippen molar-refractivity contribution in [1.29, 1.82) is 0 Å². The van der Waals surface area contributed by atoms with E-state index in [1.807, 2.05) is 11.9 Å². The summed E-state index contributed by atoms with van der Waals surface area (Å²) in [6, 6.07) is 2.98. The van der Waals surface area contributed by atoms with Crippen molar-refractivity contribution >= 4 is 17.3 Å². The lowest BCUT2D eigenvalue weighted by Crippen LogP contribution is -2.43. The fraction of sp³-hybridized carbons (Fsp3) is 0.533. The number of aromatic carboxylic acids is 1. The molecular weight excluding hydrogens is 273 g/mol. The molecule has 0 aromatic heterocycles. The van der Waals surface area contributed by atoms with Crippen molar-refractivity contribution in [3.63, 3.8) is 0 Å². The minimum Gasteiger partial charge on any atom is -0.478 e. The van der Waals surface area contributed by atoms with Gasteiger partial charge in [0.2, 0.25) is 0 Å². The number of nitrogens with two attached hydrogens (primary N) is 1. The summed E-state index contributed by atoms with van der Waals surface area (Å²) < 4.78 is 13.5. The standard InChI is InChI=1S/C15H22FN3O2/c1-3-19-8-6-10(7-9-19)18(2)12-5-4-11(16)14(17)13(12)15(20)21/h4-5,10H,3,6-9,17H2,1-2H3,(H,20,21). The third-order valence-electron chi connectivity index (χ3n) is 4.32. The van der Waals surface area contributed by atoms with E-state index in [-0.39, 0.29) is 17.3 Å². The van der Waals surface area contributed by atoms with E-state index in [9.17, 15) is 14.3 Å². The first-order chi connectivity index (χ1) is 9.95. The van der Waals surface area contributed by atoms with Gasteiger partial charge in [-0.2, -0.15) is 0 Å². The molecule has 0 spiro atoms. The quantitative estimate of drug-likeness (QED) is 0.832. The van der Waals surface area contributed by atoms with Crippen LogP contribution in [0.2, 0.25) is 0 Å². The molecule has 6 heteroatoms. The number of hydrogen-bond donors (Lipinski definition) is 2. The smallest absolute Gasteiger partial charge is 0.340 e. The van der Waals surface area contributed by atoms with E-state index in [2.05, 4.69) is 11.8 Å². The molecule has 0 amide bonds. The normalized spacial score (nSPS) is 16.9. The van der Waals surface area contributed by atoms with Crippen molar-refractivity contribution in [2.45, 2.75) is 25.8 Å². The first-order valence-corrected chi connectivity index (χ1v) is 7.22. The minimum atomic E-state index is -1.19. The van der Waals surface area contributed by atoms with Crippen LogP contribution in [0.5, 0.6) is 0 Å². The molecule has 1 heterocycles. The summed E-state index contributed by atoms with van der Waals surface area (Å²) in [4.78, 5) is 15.7. The van der Waals surface area contributed by atoms with Crippen molar-refractivity contribution in [3.05, 3.63) is 23.5 Å². The Morgan fingerprint density at radius 3 is 2.62 bits per heavy atom. The highest BCUT2D eigenvalue weighted by Gasteiger charge is 2.26. The second-order valence-corrected chi connectivity index (χ2v) is 5.44. The van der Waals surface area contributed by atoms with Gasteiger partial charge in [0.05, 0.1) is 11.4 Å². The predicted molar refractivity (Wildman–Crippen MR) is 81.3 cm³/mol. The van der Waals surface area contributed by atoms with Gasteiger partial charge in [-0.15, -0.1) is 0 Å². The van der Waals surface area contributed by atoms with Crippen molar-refractivity contribution in [2.24, 2.45) is 0 Å². The number of nitrogen functional groups attached to an aromatic ring is 1. The molecule has 1 saturated heterocycles. The zero-order chi connectivity index (χ0) is 15.6. The van der Waals surface area contributed by atoms with E-state index in [0.29, 0.717) is 5.69 Å². The zero-order valence-electron chi connectivity index (χ0n) is 12.5. The fourth-order valence-electron chi connectivity index (χ4n) is 2.92. The van der Waals surface area contributed by atoms with Gasteiger partial charge in [-0.3, -0.25) is 0 Å². The summed E-state index contributed by atoms with van der Waals surface area (Å²) in [5, 5.41) is 9.32. The van der Waals surface area contributed by atoms with Crippen molar-refractivity contribution in [3.8, 4) is 0 Å². The molecule has 116 valence electrons. The Morgan fingerprint density at radius 2 is 2.10 bits per heavy atom. The molecule has 2 rings (SSSR count). The van der Waals surface area contributed by atoms with Crippen LogP contribution >= 0.6 is 0 Å². The molecular formula is C15H22FN3O2. The largest absolute Gasteiger partial charge is 0.478 e. The van der Waals surface area contributed by atoms with Crippen LogP contribution in [0.1, 0.15) is 30.1 Å². The maximum absolute atomic E-state index is 13.5. The van der Waals surface area contributed by atoms with Crippen molar-refractivity contribution in [1.82, 2.24) is 4.90 Å². The average Bonchev–Trinajstić information content (AvgIpc) is 2.48. The van der Waals surface area contributed by atoms with E-state index in [1.54, 1.807) is 0 Å². The molecule has 0 saturated carbocycles. The highest BCUT2D eigenvalue weighted by molar-refractivity contribution is 6.00. The molecule has 21 heavy (non-hydrogen) atoms. The summed E-state index contributed by atoms with van der Waals surface area (Å²) in [5.41, 5.74) is 5.65. The SMILES string of the molecule is CCN1CCC(N(C)c2ccc(F)c(N)c2C(=O)O)CC1. The van der Waals surface area contributed by atoms with E-state index < -0.39 is 11.8 Å². The number of nitrogens with zero attached hydrogens (tertiary/aromatic N) is 2. The number of benzene rings is 1. The molecule has 1 aliphatic rings. The number of carbonyl (C=O) groups is 1. The van der Waals surface area contributed by atoms with Gasteiger partial charge in [0, 0.05) is 26.2 Å². The Bertz CT molecular complexity index is 528. The lowest BCUT2D eigenvalue weighted by molar-refractivity contribution is 0.0698. The number of likely N-dealkylation sites (tertiary alicyclic amines) is 1. The van der Waals surface area contributed by atoms with Crippen molar-refractivity contribution < 1.29 is 14.3 Å². The zero-order valence-corrected chi connectivity index (χ0v) is 12.5. The Balaban J connectivity index is 2.25. The molecule has 1 aliphatic heterocycles. The first-order valence-electron chi connectivity index (χ1n) is 7.22. The highest BCUT2D eigenvalue weighted by atomic mass is 19.1. The molecule has 0 bridgehead atoms. The van der Waals surface area contributed by atoms with Crippen LogP contribution in [0.15, 0.2) is 12.1 Å². The van der Waals surface area contributed by atoms with Crippen LogP contribution in [0.3, 0.4) is 0 Å². The topological polar surface area (TPSA) is 69.8 Å². The lowest BCUT2D eigenvalue weighted by atomic mass is 10.0. The Kier molecular flexibility index (Phi) is 4.67. The van der Waals surface area contributed by atoms with E-state index in [4.69, 9.17) is 5.73 Å². The van der Waals surface area contributed by atoms with Crippen LogP contribution < -0.4 is 10.6 Å². The molecule has 1 fully saturated rings. The van der Waals surface area contributed by atoms with Gasteiger partial charge in [0.15, 0.2) is 0 Å². The average molecular weight is 295 g/mol. The van der Waals surface area contributed by atoms with Gasteiger partial charge in [-0.25, -0.2) is 9.18 Å². The number of halogens is 1. The number of rotatable bonds is 4. The van der Waals surface area contributed by atoms with Gasteiger partial charge >= 0.3 is 5.97 Å². The van der Waals surface area contributed by atoms with Crippen LogP contribution in [-0.2, 0) is 0 Å². The number of piperidine rings is 1. The Labute approximate surface area is 124 Å². The van der Waals surface area contributed by atoms with Crippen LogP contribution in [0.25, 0.3) is 0 Å². The summed E-state index contributed by atoms with van der Waals surface area (Å²) in [5.74, 6) is -1.88. The lowest BCUT2D eigenvalue weighted by Gasteiger charge is -2.38. The highest BCUT2D eigenvalue weighted by Crippen LogP contribution is 2.30. The summed E-state index contributed by atoms with van der Waals surface area (Å²) in [6.07, 6.45) is 1.92. The second-order valence-electron chi connectivity index (χ2n) is 5.44. The van der Waals surface area contributed by atoms with Crippen molar-refractivity contribution in [2.75, 3.05) is 37.3 Å². The van der Waals surface area contributed by atoms with E-state index in [0.717, 1.165) is 32.5 Å². The third-order valence-corrected chi connectivity index (χ3v) is 4.32. The number of carboxylic acid groups (broad SMARTS) is 1. The molecule has 5 nitrogen and oxygen atoms in total. The Hall–Kier alpha value is -1.82. The number of anilines is 2. The van der Waals surface area contributed by atoms with E-state index in [1.165, 1.54) is 12.1 Å². The molecule has 1 aromatic rings. The minimum absolute atomic E-state index is 0.143. The summed E-state index contributed by atoms with van der Waals surface area (Å²) in [7, 11) is 1.85. The van der Waals surface area contributed by atoms with Gasteiger partial charge < -0.3 is 20.6 Å². The molecule has 0 aliphatic carbocycles. The maximum atomic E-state index is 13.5. The summed E-state index contributed by atoms with van der Waals surface area (Å²) >= 11 is 0. The van der Waals surface area contributed by atoms with Gasteiger partial charge in [-0.05, 0) is 31.5 Å². The third kappa shape index (κ3) is 3.10. The molecule has 3 N–H and O–H groups in total. The molecule has 0 atom stereocenters. The monoisotopic (exact) mass is 295 g/mol. The molecule has 0 unspecified atom stereocenters.